The molecule has 0 radical (unpaired) electrons. The van der Waals surface area contributed by atoms with Gasteiger partial charge in [-0.25, -0.2) is 5.48 Å². The third-order valence-corrected chi connectivity index (χ3v) is 2.89. The fourth-order valence-corrected chi connectivity index (χ4v) is 1.72. The van der Waals surface area contributed by atoms with Gasteiger partial charge in [0.15, 0.2) is 5.78 Å². The van der Waals surface area contributed by atoms with Crippen molar-refractivity contribution in [2.24, 2.45) is 0 Å². The lowest BCUT2D eigenvalue weighted by molar-refractivity contribution is -0.129. The average molecular weight is 264 g/mol. The van der Waals surface area contributed by atoms with Crippen molar-refractivity contribution in [2.45, 2.75) is 25.7 Å². The van der Waals surface area contributed by atoms with Crippen molar-refractivity contribution in [1.29, 1.82) is 0 Å². The Hall–Kier alpha value is -1.88. The number of anilines is 1. The van der Waals surface area contributed by atoms with E-state index in [0.717, 1.165) is 5.69 Å². The zero-order valence-corrected chi connectivity index (χ0v) is 11.3. The smallest absolute Gasteiger partial charge is 0.243 e. The Balaban J connectivity index is 2.39. The van der Waals surface area contributed by atoms with Gasteiger partial charge in [0.1, 0.15) is 0 Å². The fraction of sp³-hybridized carbons (Fsp3) is 0.429. The lowest BCUT2D eigenvalue weighted by atomic mass is 10.0. The Morgan fingerprint density at radius 3 is 2.21 bits per heavy atom. The highest BCUT2D eigenvalue weighted by molar-refractivity contribution is 5.96. The molecule has 0 bridgehead atoms. The Morgan fingerprint density at radius 1 is 1.11 bits per heavy atom. The number of carbonyl (C=O) groups excluding carboxylic acids is 2. The van der Waals surface area contributed by atoms with Gasteiger partial charge in [-0.15, -0.1) is 0 Å². The lowest BCUT2D eigenvalue weighted by Crippen LogP contribution is -2.17. The van der Waals surface area contributed by atoms with E-state index in [1.165, 1.54) is 0 Å². The van der Waals surface area contributed by atoms with Gasteiger partial charge in [0.2, 0.25) is 5.91 Å². The number of hydrogen-bond donors (Lipinski definition) is 2. The van der Waals surface area contributed by atoms with Crippen LogP contribution in [0.1, 0.15) is 36.0 Å². The van der Waals surface area contributed by atoms with Gasteiger partial charge in [-0.1, -0.05) is 0 Å². The number of carbonyl (C=O) groups is 2. The molecule has 5 nitrogen and oxygen atoms in total. The maximum Gasteiger partial charge on any atom is 0.243 e. The van der Waals surface area contributed by atoms with E-state index in [9.17, 15) is 9.59 Å². The predicted molar refractivity (Wildman–Crippen MR) is 73.5 cm³/mol. The number of hydroxylamine groups is 1. The molecule has 19 heavy (non-hydrogen) atoms. The molecular weight excluding hydrogens is 244 g/mol. The molecule has 104 valence electrons. The van der Waals surface area contributed by atoms with Gasteiger partial charge in [-0.05, 0) is 37.1 Å². The minimum absolute atomic E-state index is 0.0784. The second-order valence-corrected chi connectivity index (χ2v) is 4.61. The third kappa shape index (κ3) is 5.09. The van der Waals surface area contributed by atoms with Crippen LogP contribution in [0, 0.1) is 0 Å². The second kappa shape index (κ2) is 7.53. The summed E-state index contributed by atoms with van der Waals surface area (Å²) in [6.45, 7) is 0. The van der Waals surface area contributed by atoms with Gasteiger partial charge in [0.25, 0.3) is 0 Å². The quantitative estimate of drug-likeness (QED) is 0.342. The van der Waals surface area contributed by atoms with E-state index < -0.39 is 5.91 Å². The van der Waals surface area contributed by atoms with Crippen molar-refractivity contribution < 1.29 is 14.8 Å². The molecule has 0 aromatic heterocycles. The Kier molecular flexibility index (Phi) is 6.02. The van der Waals surface area contributed by atoms with Crippen LogP contribution in [0.5, 0.6) is 0 Å². The Morgan fingerprint density at radius 2 is 1.68 bits per heavy atom. The van der Waals surface area contributed by atoms with Crippen LogP contribution in [0.25, 0.3) is 0 Å². The van der Waals surface area contributed by atoms with Crippen molar-refractivity contribution in [3.05, 3.63) is 29.8 Å². The van der Waals surface area contributed by atoms with Gasteiger partial charge < -0.3 is 4.90 Å². The van der Waals surface area contributed by atoms with Crippen molar-refractivity contribution in [1.82, 2.24) is 5.48 Å². The van der Waals surface area contributed by atoms with E-state index >= 15 is 0 Å². The molecule has 1 rings (SSSR count). The molecule has 5 heteroatoms. The van der Waals surface area contributed by atoms with Crippen molar-refractivity contribution in [2.75, 3.05) is 19.0 Å². The van der Waals surface area contributed by atoms with Gasteiger partial charge in [-0.2, -0.15) is 0 Å². The van der Waals surface area contributed by atoms with Gasteiger partial charge in [0.05, 0.1) is 0 Å². The topological polar surface area (TPSA) is 69.6 Å². The van der Waals surface area contributed by atoms with E-state index in [1.807, 2.05) is 43.3 Å². The highest BCUT2D eigenvalue weighted by Crippen LogP contribution is 2.14. The highest BCUT2D eigenvalue weighted by atomic mass is 16.5. The van der Waals surface area contributed by atoms with Gasteiger partial charge in [-0.3, -0.25) is 14.8 Å². The van der Waals surface area contributed by atoms with E-state index in [-0.39, 0.29) is 12.2 Å². The summed E-state index contributed by atoms with van der Waals surface area (Å²) < 4.78 is 0. The van der Waals surface area contributed by atoms with Crippen LogP contribution >= 0.6 is 0 Å². The summed E-state index contributed by atoms with van der Waals surface area (Å²) in [5.74, 6) is -0.336. The molecule has 2 N–H and O–H groups in total. The number of nitrogens with one attached hydrogen (secondary N) is 1. The summed E-state index contributed by atoms with van der Waals surface area (Å²) >= 11 is 0. The van der Waals surface area contributed by atoms with Gasteiger partial charge in [0, 0.05) is 38.2 Å². The summed E-state index contributed by atoms with van der Waals surface area (Å²) in [4.78, 5) is 24.6. The summed E-state index contributed by atoms with van der Waals surface area (Å²) in [5.41, 5.74) is 3.32. The van der Waals surface area contributed by atoms with E-state index in [0.29, 0.717) is 24.8 Å². The van der Waals surface area contributed by atoms with E-state index in [4.69, 9.17) is 5.21 Å². The molecule has 0 heterocycles. The second-order valence-electron chi connectivity index (χ2n) is 4.61. The van der Waals surface area contributed by atoms with E-state index in [2.05, 4.69) is 0 Å². The largest absolute Gasteiger partial charge is 0.378 e. The van der Waals surface area contributed by atoms with Crippen LogP contribution in [0.3, 0.4) is 0 Å². The highest BCUT2D eigenvalue weighted by Gasteiger charge is 2.07. The lowest BCUT2D eigenvalue weighted by Gasteiger charge is -2.12. The van der Waals surface area contributed by atoms with Crippen LogP contribution in [0.15, 0.2) is 24.3 Å². The van der Waals surface area contributed by atoms with Crippen LogP contribution in [0.2, 0.25) is 0 Å². The predicted octanol–water partition coefficient (Wildman–Crippen LogP) is 2.00. The van der Waals surface area contributed by atoms with Crippen LogP contribution in [-0.4, -0.2) is 31.0 Å². The molecule has 0 fully saturated rings. The Bertz CT molecular complexity index is 427. The van der Waals surface area contributed by atoms with Gasteiger partial charge >= 0.3 is 0 Å². The fourth-order valence-electron chi connectivity index (χ4n) is 1.72. The maximum absolute atomic E-state index is 11.9. The van der Waals surface area contributed by atoms with Crippen molar-refractivity contribution in [3.63, 3.8) is 0 Å². The van der Waals surface area contributed by atoms with Crippen molar-refractivity contribution >= 4 is 17.4 Å². The Labute approximate surface area is 113 Å². The minimum atomic E-state index is -0.414. The average Bonchev–Trinajstić information content (AvgIpc) is 2.43. The molecule has 0 atom stereocenters. The number of unbranched alkanes of at least 4 members (excludes halogenated alkanes) is 1. The zero-order valence-electron chi connectivity index (χ0n) is 11.3. The number of benzene rings is 1. The molecule has 1 aromatic rings. The number of hydrogen-bond acceptors (Lipinski definition) is 4. The maximum atomic E-state index is 11.9. The molecule has 1 aromatic carbocycles. The molecule has 0 unspecified atom stereocenters. The first-order valence-corrected chi connectivity index (χ1v) is 6.28. The first-order chi connectivity index (χ1) is 9.04. The number of Topliss-reactive ketones (excluding diaryl/α,β-unsaturated/α-hetero) is 1. The van der Waals surface area contributed by atoms with Crippen molar-refractivity contribution in [3.8, 4) is 0 Å². The summed E-state index contributed by atoms with van der Waals surface area (Å²) in [6, 6.07) is 7.45. The summed E-state index contributed by atoms with van der Waals surface area (Å²) in [6.07, 6.45) is 1.89. The number of nitrogens with zero attached hydrogens (tertiary/aromatic N) is 1. The van der Waals surface area contributed by atoms with E-state index in [1.54, 1.807) is 5.48 Å². The SMILES string of the molecule is CN(C)c1ccc(C(=O)CCCCC(=O)NO)cc1. The summed E-state index contributed by atoms with van der Waals surface area (Å²) in [7, 11) is 3.89. The number of ketones is 1. The first kappa shape index (κ1) is 15.2. The first-order valence-electron chi connectivity index (χ1n) is 6.28. The van der Waals surface area contributed by atoms with Crippen LogP contribution in [0.4, 0.5) is 5.69 Å². The molecule has 0 aliphatic heterocycles. The van der Waals surface area contributed by atoms with Crippen LogP contribution in [-0.2, 0) is 4.79 Å². The zero-order chi connectivity index (χ0) is 14.3. The molecule has 0 saturated heterocycles. The minimum Gasteiger partial charge on any atom is -0.378 e. The molecule has 0 spiro atoms. The number of rotatable bonds is 7. The molecule has 0 aliphatic rings. The molecule has 0 aliphatic carbocycles. The normalized spacial score (nSPS) is 10.1. The number of amides is 1. The molecular formula is C14H20N2O3. The third-order valence-electron chi connectivity index (χ3n) is 2.89. The molecule has 0 saturated carbocycles. The van der Waals surface area contributed by atoms with Crippen LogP contribution < -0.4 is 10.4 Å². The monoisotopic (exact) mass is 264 g/mol. The standard InChI is InChI=1S/C14H20N2O3/c1-16(2)12-9-7-11(8-10-12)13(17)5-3-4-6-14(18)15-19/h7-10,19H,3-6H2,1-2H3,(H,15,18). The summed E-state index contributed by atoms with van der Waals surface area (Å²) in [5, 5.41) is 8.32. The molecule has 1 amide bonds.